The van der Waals surface area contributed by atoms with E-state index in [0.717, 1.165) is 13.0 Å². The first-order valence-corrected chi connectivity index (χ1v) is 7.06. The normalized spacial score (nSPS) is 21.0. The van der Waals surface area contributed by atoms with Crippen LogP contribution in [0.15, 0.2) is 24.3 Å². The van der Waals surface area contributed by atoms with E-state index in [1.54, 1.807) is 24.3 Å². The average molecular weight is 291 g/mol. The van der Waals surface area contributed by atoms with Crippen molar-refractivity contribution in [3.8, 4) is 0 Å². The first-order chi connectivity index (χ1) is 10.0. The lowest BCUT2D eigenvalue weighted by molar-refractivity contribution is -0.123. The van der Waals surface area contributed by atoms with Crippen LogP contribution in [-0.2, 0) is 4.79 Å². The van der Waals surface area contributed by atoms with Crippen LogP contribution in [0.2, 0.25) is 0 Å². The number of hydrogen-bond donors (Lipinski definition) is 4. The Bertz CT molecular complexity index is 507. The molecule has 2 amide bonds. The molecule has 1 aliphatic heterocycles. The summed E-state index contributed by atoms with van der Waals surface area (Å²) in [5.41, 5.74) is 0.791. The Balaban J connectivity index is 1.96. The van der Waals surface area contributed by atoms with Crippen LogP contribution < -0.4 is 16.0 Å². The highest BCUT2D eigenvalue weighted by Crippen LogP contribution is 2.26. The van der Waals surface area contributed by atoms with Gasteiger partial charge in [0, 0.05) is 24.3 Å². The summed E-state index contributed by atoms with van der Waals surface area (Å²) < 4.78 is 0. The zero-order valence-electron chi connectivity index (χ0n) is 12.1. The number of anilines is 1. The van der Waals surface area contributed by atoms with Gasteiger partial charge in [-0.15, -0.1) is 0 Å². The molecule has 6 nitrogen and oxygen atoms in total. The highest BCUT2D eigenvalue weighted by atomic mass is 16.3. The van der Waals surface area contributed by atoms with Gasteiger partial charge in [0.05, 0.1) is 12.0 Å². The Morgan fingerprint density at radius 1 is 1.33 bits per heavy atom. The van der Waals surface area contributed by atoms with Gasteiger partial charge in [-0.1, -0.05) is 0 Å². The molecule has 1 atom stereocenters. The zero-order valence-corrected chi connectivity index (χ0v) is 12.1. The molecule has 0 spiro atoms. The van der Waals surface area contributed by atoms with Crippen molar-refractivity contribution in [1.82, 2.24) is 10.6 Å². The highest BCUT2D eigenvalue weighted by Gasteiger charge is 2.36. The number of carbonyl (C=O) groups excluding carboxylic acids is 2. The molecule has 0 radical (unpaired) electrons. The molecule has 0 aliphatic carbocycles. The Morgan fingerprint density at radius 2 is 2.05 bits per heavy atom. The number of amides is 2. The lowest BCUT2D eigenvalue weighted by Gasteiger charge is -2.21. The van der Waals surface area contributed by atoms with E-state index in [2.05, 4.69) is 16.0 Å². The molecule has 1 aromatic carbocycles. The molecule has 6 heteroatoms. The molecule has 1 heterocycles. The van der Waals surface area contributed by atoms with Gasteiger partial charge in [0.15, 0.2) is 0 Å². The molecule has 114 valence electrons. The summed E-state index contributed by atoms with van der Waals surface area (Å²) in [6.07, 6.45) is 0.820. The van der Waals surface area contributed by atoms with Gasteiger partial charge in [-0.2, -0.15) is 0 Å². The Labute approximate surface area is 123 Å². The summed E-state index contributed by atoms with van der Waals surface area (Å²) in [7, 11) is 0. The number of carbonyl (C=O) groups is 2. The van der Waals surface area contributed by atoms with Crippen molar-refractivity contribution in [3.05, 3.63) is 29.8 Å². The van der Waals surface area contributed by atoms with Crippen LogP contribution in [0.3, 0.4) is 0 Å². The second-order valence-corrected chi connectivity index (χ2v) is 5.50. The van der Waals surface area contributed by atoms with Gasteiger partial charge in [0.1, 0.15) is 0 Å². The fourth-order valence-electron chi connectivity index (χ4n) is 2.27. The summed E-state index contributed by atoms with van der Waals surface area (Å²) in [6, 6.07) is 6.71. The minimum absolute atomic E-state index is 0.00928. The smallest absolute Gasteiger partial charge is 0.251 e. The van der Waals surface area contributed by atoms with E-state index in [1.165, 1.54) is 0 Å². The highest BCUT2D eigenvalue weighted by molar-refractivity contribution is 5.97. The van der Waals surface area contributed by atoms with Crippen LogP contribution in [0.4, 0.5) is 5.69 Å². The molecule has 1 saturated heterocycles. The minimum Gasteiger partial charge on any atom is -0.395 e. The summed E-state index contributed by atoms with van der Waals surface area (Å²) >= 11 is 0. The van der Waals surface area contributed by atoms with E-state index in [1.807, 2.05) is 6.92 Å². The topological polar surface area (TPSA) is 90.5 Å². The van der Waals surface area contributed by atoms with Gasteiger partial charge in [-0.3, -0.25) is 9.59 Å². The van der Waals surface area contributed by atoms with Crippen molar-refractivity contribution in [2.75, 3.05) is 31.6 Å². The maximum Gasteiger partial charge on any atom is 0.251 e. The second kappa shape index (κ2) is 6.69. The standard InChI is InChI=1S/C15H21N3O3/c1-15(6-7-16-10-15)14(21)18-12-4-2-11(3-5-12)13(20)17-8-9-19/h2-5,16,19H,6-10H2,1H3,(H,17,20)(H,18,21). The summed E-state index contributed by atoms with van der Waals surface area (Å²) in [5, 5.41) is 17.3. The van der Waals surface area contributed by atoms with Gasteiger partial charge in [0.25, 0.3) is 5.91 Å². The van der Waals surface area contributed by atoms with E-state index in [0.29, 0.717) is 17.8 Å². The fourth-order valence-corrected chi connectivity index (χ4v) is 2.27. The van der Waals surface area contributed by atoms with Gasteiger partial charge >= 0.3 is 0 Å². The van der Waals surface area contributed by atoms with Crippen LogP contribution in [-0.4, -0.2) is 43.2 Å². The maximum atomic E-state index is 12.2. The third kappa shape index (κ3) is 3.80. The minimum atomic E-state index is -0.378. The number of hydrogen-bond acceptors (Lipinski definition) is 4. The first kappa shape index (κ1) is 15.5. The quantitative estimate of drug-likeness (QED) is 0.630. The number of aliphatic hydroxyl groups excluding tert-OH is 1. The van der Waals surface area contributed by atoms with Crippen molar-refractivity contribution in [2.45, 2.75) is 13.3 Å². The lowest BCUT2D eigenvalue weighted by Crippen LogP contribution is -2.35. The monoisotopic (exact) mass is 291 g/mol. The zero-order chi connectivity index (χ0) is 15.3. The molecule has 1 aliphatic rings. The SMILES string of the molecule is CC1(C(=O)Nc2ccc(C(=O)NCCO)cc2)CCNC1. The van der Waals surface area contributed by atoms with Crippen LogP contribution in [0.1, 0.15) is 23.7 Å². The molecule has 1 aromatic rings. The summed E-state index contributed by atoms with van der Waals surface area (Å²) in [4.78, 5) is 23.9. The largest absolute Gasteiger partial charge is 0.395 e. The molecule has 21 heavy (non-hydrogen) atoms. The van der Waals surface area contributed by atoms with Crippen LogP contribution in [0.25, 0.3) is 0 Å². The Morgan fingerprint density at radius 3 is 2.62 bits per heavy atom. The van der Waals surface area contributed by atoms with E-state index < -0.39 is 0 Å². The van der Waals surface area contributed by atoms with Gasteiger partial charge in [-0.25, -0.2) is 0 Å². The fraction of sp³-hybridized carbons (Fsp3) is 0.467. The summed E-state index contributed by atoms with van der Waals surface area (Å²) in [5.74, 6) is -0.251. The van der Waals surface area contributed by atoms with Crippen molar-refractivity contribution >= 4 is 17.5 Å². The van der Waals surface area contributed by atoms with Crippen molar-refractivity contribution < 1.29 is 14.7 Å². The number of nitrogens with one attached hydrogen (secondary N) is 3. The Kier molecular flexibility index (Phi) is 4.93. The third-order valence-electron chi connectivity index (χ3n) is 3.72. The molecule has 0 saturated carbocycles. The average Bonchev–Trinajstić information content (AvgIpc) is 2.94. The van der Waals surface area contributed by atoms with Gasteiger partial charge in [-0.05, 0) is 44.2 Å². The molecular formula is C15H21N3O3. The molecule has 4 N–H and O–H groups in total. The van der Waals surface area contributed by atoms with Crippen molar-refractivity contribution in [2.24, 2.45) is 5.41 Å². The second-order valence-electron chi connectivity index (χ2n) is 5.50. The first-order valence-electron chi connectivity index (χ1n) is 7.06. The van der Waals surface area contributed by atoms with Gasteiger partial charge in [0.2, 0.25) is 5.91 Å². The molecule has 2 rings (SSSR count). The number of aliphatic hydroxyl groups is 1. The van der Waals surface area contributed by atoms with E-state index >= 15 is 0 Å². The number of rotatable bonds is 5. The third-order valence-corrected chi connectivity index (χ3v) is 3.72. The molecular weight excluding hydrogens is 270 g/mol. The van der Waals surface area contributed by atoms with Crippen LogP contribution >= 0.6 is 0 Å². The lowest BCUT2D eigenvalue weighted by atomic mass is 9.89. The molecule has 1 unspecified atom stereocenters. The maximum absolute atomic E-state index is 12.2. The Hall–Kier alpha value is -1.92. The van der Waals surface area contributed by atoms with E-state index in [-0.39, 0.29) is 30.4 Å². The van der Waals surface area contributed by atoms with Crippen LogP contribution in [0, 0.1) is 5.41 Å². The van der Waals surface area contributed by atoms with E-state index in [9.17, 15) is 9.59 Å². The molecule has 0 bridgehead atoms. The molecule has 1 fully saturated rings. The van der Waals surface area contributed by atoms with Crippen LogP contribution in [0.5, 0.6) is 0 Å². The predicted octanol–water partition coefficient (Wildman–Crippen LogP) is 0.347. The van der Waals surface area contributed by atoms with Gasteiger partial charge < -0.3 is 21.1 Å². The predicted molar refractivity (Wildman–Crippen MR) is 80.1 cm³/mol. The van der Waals surface area contributed by atoms with Crippen molar-refractivity contribution in [1.29, 1.82) is 0 Å². The number of benzene rings is 1. The summed E-state index contributed by atoms with van der Waals surface area (Å²) in [6.45, 7) is 3.61. The molecule has 0 aromatic heterocycles. The van der Waals surface area contributed by atoms with Crippen molar-refractivity contribution in [3.63, 3.8) is 0 Å². The van der Waals surface area contributed by atoms with E-state index in [4.69, 9.17) is 5.11 Å².